The van der Waals surface area contributed by atoms with Crippen molar-refractivity contribution in [2.24, 2.45) is 0 Å². The summed E-state index contributed by atoms with van der Waals surface area (Å²) in [6.45, 7) is -0.148. The Kier molecular flexibility index (Phi) is 5.14. The Balaban J connectivity index is 1.92. The Morgan fingerprint density at radius 3 is 2.55 bits per heavy atom. The average molecular weight is 403 g/mol. The first-order chi connectivity index (χ1) is 9.54. The molecule has 104 valence electrons. The van der Waals surface area contributed by atoms with E-state index in [-0.39, 0.29) is 18.3 Å². The van der Waals surface area contributed by atoms with E-state index in [0.717, 1.165) is 8.95 Å². The van der Waals surface area contributed by atoms with Gasteiger partial charge in [-0.3, -0.25) is 4.79 Å². The summed E-state index contributed by atoms with van der Waals surface area (Å²) in [5, 5.41) is 2.72. The standard InChI is InChI=1S/C14H10Br2FNO2/c15-9-1-6-12(16)13(7-9)18-14(19)8-20-11-4-2-10(17)3-5-11/h1-7H,8H2,(H,18,19). The van der Waals surface area contributed by atoms with Gasteiger partial charge in [-0.15, -0.1) is 0 Å². The normalized spacial score (nSPS) is 10.2. The van der Waals surface area contributed by atoms with Crippen LogP contribution in [0.5, 0.6) is 5.75 Å². The molecule has 0 aliphatic carbocycles. The fourth-order valence-corrected chi connectivity index (χ4v) is 2.17. The fourth-order valence-electron chi connectivity index (χ4n) is 1.46. The van der Waals surface area contributed by atoms with Crippen molar-refractivity contribution in [3.05, 3.63) is 57.2 Å². The maximum atomic E-state index is 12.7. The average Bonchev–Trinajstić information content (AvgIpc) is 2.42. The molecule has 2 aromatic carbocycles. The largest absolute Gasteiger partial charge is 0.484 e. The van der Waals surface area contributed by atoms with Gasteiger partial charge in [0.1, 0.15) is 11.6 Å². The molecule has 0 atom stereocenters. The molecule has 0 heterocycles. The third-order valence-electron chi connectivity index (χ3n) is 2.39. The Bertz CT molecular complexity index is 617. The van der Waals surface area contributed by atoms with Crippen molar-refractivity contribution in [1.82, 2.24) is 0 Å². The number of rotatable bonds is 4. The SMILES string of the molecule is O=C(COc1ccc(F)cc1)Nc1cc(Br)ccc1Br. The molecule has 1 N–H and O–H groups in total. The number of nitrogens with one attached hydrogen (secondary N) is 1. The van der Waals surface area contributed by atoms with E-state index in [9.17, 15) is 9.18 Å². The second-order valence-corrected chi connectivity index (χ2v) is 5.68. The molecular weight excluding hydrogens is 393 g/mol. The predicted octanol–water partition coefficient (Wildman–Crippen LogP) is 4.37. The minimum Gasteiger partial charge on any atom is -0.484 e. The highest BCUT2D eigenvalue weighted by atomic mass is 79.9. The van der Waals surface area contributed by atoms with Crippen molar-refractivity contribution < 1.29 is 13.9 Å². The summed E-state index contributed by atoms with van der Waals surface area (Å²) in [6.07, 6.45) is 0. The highest BCUT2D eigenvalue weighted by molar-refractivity contribution is 9.11. The molecule has 0 aromatic heterocycles. The number of carbonyl (C=O) groups is 1. The number of amides is 1. The second kappa shape index (κ2) is 6.85. The zero-order valence-electron chi connectivity index (χ0n) is 10.2. The molecule has 1 amide bonds. The van der Waals surface area contributed by atoms with Crippen LogP contribution < -0.4 is 10.1 Å². The van der Waals surface area contributed by atoms with E-state index in [1.807, 2.05) is 12.1 Å². The summed E-state index contributed by atoms with van der Waals surface area (Å²) in [5.41, 5.74) is 0.645. The van der Waals surface area contributed by atoms with E-state index < -0.39 is 0 Å². The summed E-state index contributed by atoms with van der Waals surface area (Å²) in [4.78, 5) is 11.8. The van der Waals surface area contributed by atoms with Gasteiger partial charge in [-0.25, -0.2) is 4.39 Å². The van der Waals surface area contributed by atoms with Crippen LogP contribution >= 0.6 is 31.9 Å². The van der Waals surface area contributed by atoms with Gasteiger partial charge < -0.3 is 10.1 Å². The van der Waals surface area contributed by atoms with Gasteiger partial charge in [0.05, 0.1) is 5.69 Å². The molecule has 20 heavy (non-hydrogen) atoms. The van der Waals surface area contributed by atoms with E-state index >= 15 is 0 Å². The van der Waals surface area contributed by atoms with Gasteiger partial charge in [0.15, 0.2) is 6.61 Å². The molecule has 3 nitrogen and oxygen atoms in total. The molecule has 0 saturated carbocycles. The number of hydrogen-bond acceptors (Lipinski definition) is 2. The zero-order valence-corrected chi connectivity index (χ0v) is 13.4. The lowest BCUT2D eigenvalue weighted by atomic mass is 10.3. The van der Waals surface area contributed by atoms with Crippen LogP contribution in [0, 0.1) is 5.82 Å². The predicted molar refractivity (Wildman–Crippen MR) is 82.4 cm³/mol. The minimum atomic E-state index is -0.347. The third kappa shape index (κ3) is 4.31. The summed E-state index contributed by atoms with van der Waals surface area (Å²) < 4.78 is 19.6. The Labute approximate surface area is 132 Å². The topological polar surface area (TPSA) is 38.3 Å². The molecule has 2 rings (SSSR count). The van der Waals surface area contributed by atoms with E-state index in [1.54, 1.807) is 6.07 Å². The number of hydrogen-bond donors (Lipinski definition) is 1. The van der Waals surface area contributed by atoms with E-state index in [2.05, 4.69) is 37.2 Å². The molecule has 0 spiro atoms. The molecule has 0 unspecified atom stereocenters. The Morgan fingerprint density at radius 2 is 1.85 bits per heavy atom. The smallest absolute Gasteiger partial charge is 0.262 e. The lowest BCUT2D eigenvalue weighted by Gasteiger charge is -2.09. The Hall–Kier alpha value is -1.40. The van der Waals surface area contributed by atoms with Gasteiger partial charge in [0, 0.05) is 8.95 Å². The molecule has 0 aliphatic rings. The third-order valence-corrected chi connectivity index (χ3v) is 3.57. The second-order valence-electron chi connectivity index (χ2n) is 3.91. The fraction of sp³-hybridized carbons (Fsp3) is 0.0714. The summed E-state index contributed by atoms with van der Waals surface area (Å²) in [5.74, 6) is -0.206. The van der Waals surface area contributed by atoms with Gasteiger partial charge >= 0.3 is 0 Å². The number of anilines is 1. The Morgan fingerprint density at radius 1 is 1.15 bits per heavy atom. The first-order valence-corrected chi connectivity index (χ1v) is 7.26. The van der Waals surface area contributed by atoms with Crippen molar-refractivity contribution in [3.63, 3.8) is 0 Å². The van der Waals surface area contributed by atoms with E-state index in [4.69, 9.17) is 4.74 Å². The number of halogens is 3. The van der Waals surface area contributed by atoms with E-state index in [0.29, 0.717) is 11.4 Å². The summed E-state index contributed by atoms with van der Waals surface area (Å²) in [6, 6.07) is 10.9. The van der Waals surface area contributed by atoms with Gasteiger partial charge in [0.2, 0.25) is 0 Å². The summed E-state index contributed by atoms with van der Waals surface area (Å²) >= 11 is 6.67. The quantitative estimate of drug-likeness (QED) is 0.824. The number of benzene rings is 2. The zero-order chi connectivity index (χ0) is 14.5. The molecule has 0 aliphatic heterocycles. The van der Waals surface area contributed by atoms with Gasteiger partial charge in [0.25, 0.3) is 5.91 Å². The molecule has 2 aromatic rings. The van der Waals surface area contributed by atoms with E-state index in [1.165, 1.54) is 24.3 Å². The minimum absolute atomic E-state index is 0.148. The van der Waals surface area contributed by atoms with Crippen LogP contribution in [0.4, 0.5) is 10.1 Å². The van der Waals surface area contributed by atoms with Gasteiger partial charge in [-0.2, -0.15) is 0 Å². The molecule has 0 saturated heterocycles. The van der Waals surface area contributed by atoms with Crippen LogP contribution in [0.15, 0.2) is 51.4 Å². The molecule has 0 bridgehead atoms. The molecular formula is C14H10Br2FNO2. The first kappa shape index (κ1) is 15.0. The van der Waals surface area contributed by atoms with Crippen LogP contribution in [0.25, 0.3) is 0 Å². The van der Waals surface area contributed by atoms with Gasteiger partial charge in [-0.05, 0) is 58.4 Å². The highest BCUT2D eigenvalue weighted by Crippen LogP contribution is 2.26. The van der Waals surface area contributed by atoms with Crippen LogP contribution in [-0.2, 0) is 4.79 Å². The van der Waals surface area contributed by atoms with Crippen molar-refractivity contribution in [2.75, 3.05) is 11.9 Å². The van der Waals surface area contributed by atoms with Crippen LogP contribution in [0.2, 0.25) is 0 Å². The van der Waals surface area contributed by atoms with Crippen molar-refractivity contribution in [2.45, 2.75) is 0 Å². The van der Waals surface area contributed by atoms with Crippen molar-refractivity contribution in [3.8, 4) is 5.75 Å². The maximum absolute atomic E-state index is 12.7. The van der Waals surface area contributed by atoms with Crippen molar-refractivity contribution in [1.29, 1.82) is 0 Å². The van der Waals surface area contributed by atoms with Gasteiger partial charge in [-0.1, -0.05) is 15.9 Å². The molecule has 0 fully saturated rings. The van der Waals surface area contributed by atoms with Crippen molar-refractivity contribution >= 4 is 43.5 Å². The number of ether oxygens (including phenoxy) is 1. The lowest BCUT2D eigenvalue weighted by Crippen LogP contribution is -2.20. The molecule has 0 radical (unpaired) electrons. The molecule has 6 heteroatoms. The summed E-state index contributed by atoms with van der Waals surface area (Å²) in [7, 11) is 0. The van der Waals surface area contributed by atoms with Crippen LogP contribution in [0.3, 0.4) is 0 Å². The lowest BCUT2D eigenvalue weighted by molar-refractivity contribution is -0.118. The van der Waals surface area contributed by atoms with Crippen LogP contribution in [-0.4, -0.2) is 12.5 Å². The monoisotopic (exact) mass is 401 g/mol. The number of carbonyl (C=O) groups excluding carboxylic acids is 1. The van der Waals surface area contributed by atoms with Crippen LogP contribution in [0.1, 0.15) is 0 Å². The first-order valence-electron chi connectivity index (χ1n) is 5.68. The highest BCUT2D eigenvalue weighted by Gasteiger charge is 2.07. The maximum Gasteiger partial charge on any atom is 0.262 e.